The summed E-state index contributed by atoms with van der Waals surface area (Å²) in [5, 5.41) is 3.69. The molecule has 1 unspecified atom stereocenters. The zero-order valence-electron chi connectivity index (χ0n) is 9.19. The Balaban J connectivity index is 2.19. The van der Waals surface area contributed by atoms with Gasteiger partial charge < -0.3 is 5.32 Å². The number of halogens is 2. The topological polar surface area (TPSA) is 37.8 Å². The van der Waals surface area contributed by atoms with Gasteiger partial charge in [-0.2, -0.15) is 0 Å². The van der Waals surface area contributed by atoms with Crippen molar-refractivity contribution in [1.29, 1.82) is 0 Å². The van der Waals surface area contributed by atoms with Gasteiger partial charge in [-0.05, 0) is 28.4 Å². The standard InChI is InChI=1S/C12H11BrClN3/c1-8(9-5-3-2-4-6-9)17-12-10(13)11(14)15-7-16-12/h2-8H,1H3,(H,15,16,17). The molecule has 0 bridgehead atoms. The molecular weight excluding hydrogens is 302 g/mol. The van der Waals surface area contributed by atoms with Crippen LogP contribution in [0.3, 0.4) is 0 Å². The summed E-state index contributed by atoms with van der Waals surface area (Å²) < 4.78 is 0.685. The van der Waals surface area contributed by atoms with Gasteiger partial charge in [-0.25, -0.2) is 9.97 Å². The van der Waals surface area contributed by atoms with Gasteiger partial charge in [0.1, 0.15) is 17.3 Å². The first-order valence-corrected chi connectivity index (χ1v) is 6.33. The van der Waals surface area contributed by atoms with Crippen LogP contribution in [0.25, 0.3) is 0 Å². The molecule has 1 atom stereocenters. The van der Waals surface area contributed by atoms with Gasteiger partial charge in [0.25, 0.3) is 0 Å². The lowest BCUT2D eigenvalue weighted by Gasteiger charge is -2.15. The molecule has 88 valence electrons. The second-order valence-electron chi connectivity index (χ2n) is 3.60. The van der Waals surface area contributed by atoms with E-state index in [1.165, 1.54) is 11.9 Å². The number of rotatable bonds is 3. The predicted molar refractivity (Wildman–Crippen MR) is 73.2 cm³/mol. The van der Waals surface area contributed by atoms with E-state index in [1.807, 2.05) is 18.2 Å². The molecule has 0 aliphatic carbocycles. The van der Waals surface area contributed by atoms with Crippen molar-refractivity contribution in [3.8, 4) is 0 Å². The molecule has 2 rings (SSSR count). The molecule has 3 nitrogen and oxygen atoms in total. The van der Waals surface area contributed by atoms with Crippen molar-refractivity contribution in [2.24, 2.45) is 0 Å². The molecule has 1 N–H and O–H groups in total. The van der Waals surface area contributed by atoms with E-state index in [-0.39, 0.29) is 6.04 Å². The van der Waals surface area contributed by atoms with Gasteiger partial charge in [-0.15, -0.1) is 0 Å². The Bertz CT molecular complexity index is 504. The summed E-state index contributed by atoms with van der Waals surface area (Å²) in [6.07, 6.45) is 1.44. The molecular formula is C12H11BrClN3. The van der Waals surface area contributed by atoms with E-state index in [0.717, 1.165) is 0 Å². The molecule has 0 saturated heterocycles. The summed E-state index contributed by atoms with van der Waals surface area (Å²) in [5.41, 5.74) is 1.19. The fourth-order valence-corrected chi connectivity index (χ4v) is 1.93. The first kappa shape index (κ1) is 12.3. The van der Waals surface area contributed by atoms with Crippen LogP contribution in [0, 0.1) is 0 Å². The van der Waals surface area contributed by atoms with Gasteiger partial charge >= 0.3 is 0 Å². The monoisotopic (exact) mass is 311 g/mol. The van der Waals surface area contributed by atoms with Crippen LogP contribution in [0.15, 0.2) is 41.1 Å². The third-order valence-electron chi connectivity index (χ3n) is 2.40. The molecule has 1 aromatic heterocycles. The summed E-state index contributed by atoms with van der Waals surface area (Å²) in [6.45, 7) is 2.07. The highest BCUT2D eigenvalue weighted by molar-refractivity contribution is 9.10. The van der Waals surface area contributed by atoms with E-state index in [0.29, 0.717) is 15.4 Å². The molecule has 1 heterocycles. The molecule has 0 fully saturated rings. The van der Waals surface area contributed by atoms with Gasteiger partial charge in [0.05, 0.1) is 4.47 Å². The fraction of sp³-hybridized carbons (Fsp3) is 0.167. The Hall–Kier alpha value is -1.13. The number of nitrogens with zero attached hydrogens (tertiary/aromatic N) is 2. The SMILES string of the molecule is CC(Nc1ncnc(Cl)c1Br)c1ccccc1. The lowest BCUT2D eigenvalue weighted by molar-refractivity contribution is 0.870. The molecule has 0 saturated carbocycles. The molecule has 0 spiro atoms. The van der Waals surface area contributed by atoms with Gasteiger partial charge in [0.2, 0.25) is 0 Å². The molecule has 2 aromatic rings. The van der Waals surface area contributed by atoms with Crippen LogP contribution in [-0.2, 0) is 0 Å². The quantitative estimate of drug-likeness (QED) is 0.868. The maximum absolute atomic E-state index is 5.91. The molecule has 17 heavy (non-hydrogen) atoms. The van der Waals surface area contributed by atoms with E-state index >= 15 is 0 Å². The molecule has 5 heteroatoms. The third-order valence-corrected chi connectivity index (χ3v) is 3.67. The lowest BCUT2D eigenvalue weighted by atomic mass is 10.1. The van der Waals surface area contributed by atoms with E-state index in [2.05, 4.69) is 50.3 Å². The molecule has 0 aliphatic rings. The van der Waals surface area contributed by atoms with Crippen LogP contribution >= 0.6 is 27.5 Å². The van der Waals surface area contributed by atoms with Gasteiger partial charge in [0, 0.05) is 6.04 Å². The number of hydrogen-bond acceptors (Lipinski definition) is 3. The van der Waals surface area contributed by atoms with Crippen molar-refractivity contribution < 1.29 is 0 Å². The molecule has 1 aromatic carbocycles. The minimum atomic E-state index is 0.151. The number of benzene rings is 1. The average molecular weight is 313 g/mol. The molecule has 0 amide bonds. The Morgan fingerprint density at radius 1 is 1.24 bits per heavy atom. The van der Waals surface area contributed by atoms with Crippen LogP contribution in [0.4, 0.5) is 5.82 Å². The first-order valence-electron chi connectivity index (χ1n) is 5.16. The number of anilines is 1. The highest BCUT2D eigenvalue weighted by atomic mass is 79.9. The number of hydrogen-bond donors (Lipinski definition) is 1. The van der Waals surface area contributed by atoms with Crippen LogP contribution in [-0.4, -0.2) is 9.97 Å². The van der Waals surface area contributed by atoms with E-state index < -0.39 is 0 Å². The Labute approximate surface area is 113 Å². The number of nitrogens with one attached hydrogen (secondary N) is 1. The summed E-state index contributed by atoms with van der Waals surface area (Å²) >= 11 is 9.27. The van der Waals surface area contributed by atoms with Gasteiger partial charge in [-0.1, -0.05) is 41.9 Å². The maximum atomic E-state index is 5.91. The van der Waals surface area contributed by atoms with Crippen molar-refractivity contribution in [3.63, 3.8) is 0 Å². The summed E-state index contributed by atoms with van der Waals surface area (Å²) in [4.78, 5) is 8.04. The zero-order chi connectivity index (χ0) is 12.3. The summed E-state index contributed by atoms with van der Waals surface area (Å²) in [7, 11) is 0. The molecule has 0 radical (unpaired) electrons. The summed E-state index contributed by atoms with van der Waals surface area (Å²) in [5.74, 6) is 0.696. The second kappa shape index (κ2) is 5.47. The van der Waals surface area contributed by atoms with Crippen molar-refractivity contribution in [2.45, 2.75) is 13.0 Å². The van der Waals surface area contributed by atoms with Crippen molar-refractivity contribution in [3.05, 3.63) is 51.8 Å². The first-order chi connectivity index (χ1) is 8.18. The van der Waals surface area contributed by atoms with E-state index in [1.54, 1.807) is 0 Å². The highest BCUT2D eigenvalue weighted by Gasteiger charge is 2.10. The van der Waals surface area contributed by atoms with Crippen LogP contribution in [0.5, 0.6) is 0 Å². The van der Waals surface area contributed by atoms with Crippen LogP contribution in [0.2, 0.25) is 5.15 Å². The zero-order valence-corrected chi connectivity index (χ0v) is 11.5. The van der Waals surface area contributed by atoms with Crippen LogP contribution < -0.4 is 5.32 Å². The van der Waals surface area contributed by atoms with Gasteiger partial charge in [0.15, 0.2) is 0 Å². The minimum Gasteiger partial charge on any atom is -0.362 e. The Kier molecular flexibility index (Phi) is 3.97. The van der Waals surface area contributed by atoms with E-state index in [9.17, 15) is 0 Å². The minimum absolute atomic E-state index is 0.151. The predicted octanol–water partition coefficient (Wildman–Crippen LogP) is 4.07. The fourth-order valence-electron chi connectivity index (χ4n) is 1.48. The smallest absolute Gasteiger partial charge is 0.148 e. The van der Waals surface area contributed by atoms with Crippen molar-refractivity contribution >= 4 is 33.3 Å². The largest absolute Gasteiger partial charge is 0.362 e. The van der Waals surface area contributed by atoms with Crippen LogP contribution in [0.1, 0.15) is 18.5 Å². The van der Waals surface area contributed by atoms with Crippen molar-refractivity contribution in [2.75, 3.05) is 5.32 Å². The number of aromatic nitrogens is 2. The summed E-state index contributed by atoms with van der Waals surface area (Å²) in [6, 6.07) is 10.3. The Morgan fingerprint density at radius 2 is 1.94 bits per heavy atom. The molecule has 0 aliphatic heterocycles. The average Bonchev–Trinajstić information content (AvgIpc) is 2.36. The normalized spacial score (nSPS) is 12.2. The maximum Gasteiger partial charge on any atom is 0.148 e. The second-order valence-corrected chi connectivity index (χ2v) is 4.75. The van der Waals surface area contributed by atoms with E-state index in [4.69, 9.17) is 11.6 Å². The third kappa shape index (κ3) is 2.96. The Morgan fingerprint density at radius 3 is 2.65 bits per heavy atom. The van der Waals surface area contributed by atoms with Crippen molar-refractivity contribution in [1.82, 2.24) is 9.97 Å². The highest BCUT2D eigenvalue weighted by Crippen LogP contribution is 2.28. The lowest BCUT2D eigenvalue weighted by Crippen LogP contribution is -2.08. The van der Waals surface area contributed by atoms with Gasteiger partial charge in [-0.3, -0.25) is 0 Å².